The van der Waals surface area contributed by atoms with E-state index in [0.29, 0.717) is 11.4 Å². The van der Waals surface area contributed by atoms with Crippen molar-refractivity contribution >= 4 is 17.6 Å². The monoisotopic (exact) mass is 210 g/mol. The van der Waals surface area contributed by atoms with Crippen LogP contribution in [0.15, 0.2) is 18.2 Å². The van der Waals surface area contributed by atoms with Crippen molar-refractivity contribution in [2.24, 2.45) is 0 Å². The zero-order valence-corrected chi connectivity index (χ0v) is 8.42. The summed E-state index contributed by atoms with van der Waals surface area (Å²) in [5, 5.41) is 9.64. The molecule has 1 aromatic rings. The first-order valence-electron chi connectivity index (χ1n) is 4.70. The molecule has 2 rings (SSSR count). The molecule has 0 aromatic heterocycles. The molecule has 1 aliphatic carbocycles. The predicted octanol–water partition coefficient (Wildman–Crippen LogP) is 2.84. The van der Waals surface area contributed by atoms with E-state index in [2.05, 4.69) is 0 Å². The molecule has 0 saturated carbocycles. The van der Waals surface area contributed by atoms with E-state index >= 15 is 0 Å². The van der Waals surface area contributed by atoms with Gasteiger partial charge in [-0.3, -0.25) is 4.79 Å². The Bertz CT molecular complexity index is 374. The van der Waals surface area contributed by atoms with E-state index in [9.17, 15) is 4.79 Å². The SMILES string of the molecule is O=C(O)C1CCCc2cccc(Cl)c21. The number of carboxylic acids is 1. The molecule has 0 radical (unpaired) electrons. The molecule has 1 aromatic carbocycles. The van der Waals surface area contributed by atoms with Crippen LogP contribution in [0.25, 0.3) is 0 Å². The van der Waals surface area contributed by atoms with Gasteiger partial charge in [-0.05, 0) is 36.5 Å². The van der Waals surface area contributed by atoms with Crippen LogP contribution in [0.3, 0.4) is 0 Å². The summed E-state index contributed by atoms with van der Waals surface area (Å²) in [7, 11) is 0. The molecule has 1 aliphatic rings. The summed E-state index contributed by atoms with van der Waals surface area (Å²) < 4.78 is 0. The Labute approximate surface area is 87.5 Å². The van der Waals surface area contributed by atoms with E-state index in [1.807, 2.05) is 12.1 Å². The van der Waals surface area contributed by atoms with Crippen LogP contribution >= 0.6 is 11.6 Å². The van der Waals surface area contributed by atoms with Gasteiger partial charge in [0.25, 0.3) is 0 Å². The van der Waals surface area contributed by atoms with Crippen molar-refractivity contribution in [2.75, 3.05) is 0 Å². The minimum atomic E-state index is -0.765. The largest absolute Gasteiger partial charge is 0.481 e. The van der Waals surface area contributed by atoms with Crippen LogP contribution in [0.2, 0.25) is 5.02 Å². The summed E-state index contributed by atoms with van der Waals surface area (Å²) >= 11 is 6.02. The van der Waals surface area contributed by atoms with Gasteiger partial charge in [0, 0.05) is 5.02 Å². The van der Waals surface area contributed by atoms with Crippen LogP contribution in [0.1, 0.15) is 29.9 Å². The third-order valence-electron chi connectivity index (χ3n) is 2.73. The topological polar surface area (TPSA) is 37.3 Å². The highest BCUT2D eigenvalue weighted by Gasteiger charge is 2.27. The summed E-state index contributed by atoms with van der Waals surface area (Å²) in [6.07, 6.45) is 2.58. The first-order valence-corrected chi connectivity index (χ1v) is 5.08. The first-order chi connectivity index (χ1) is 6.70. The number of aliphatic carboxylic acids is 1. The summed E-state index contributed by atoms with van der Waals surface area (Å²) in [6.45, 7) is 0. The molecule has 0 amide bonds. The summed E-state index contributed by atoms with van der Waals surface area (Å²) in [5.74, 6) is -1.17. The highest BCUT2D eigenvalue weighted by Crippen LogP contribution is 2.36. The molecule has 0 bridgehead atoms. The van der Waals surface area contributed by atoms with E-state index in [4.69, 9.17) is 16.7 Å². The molecule has 0 saturated heterocycles. The van der Waals surface area contributed by atoms with Crippen LogP contribution < -0.4 is 0 Å². The second-order valence-electron chi connectivity index (χ2n) is 3.60. The van der Waals surface area contributed by atoms with Gasteiger partial charge in [0.2, 0.25) is 0 Å². The second kappa shape index (κ2) is 3.62. The summed E-state index contributed by atoms with van der Waals surface area (Å²) in [6, 6.07) is 5.61. The van der Waals surface area contributed by atoms with Gasteiger partial charge in [0.15, 0.2) is 0 Å². The lowest BCUT2D eigenvalue weighted by atomic mass is 9.83. The third-order valence-corrected chi connectivity index (χ3v) is 3.06. The smallest absolute Gasteiger partial charge is 0.311 e. The fourth-order valence-corrected chi connectivity index (χ4v) is 2.40. The molecule has 14 heavy (non-hydrogen) atoms. The van der Waals surface area contributed by atoms with Crippen LogP contribution in [-0.2, 0) is 11.2 Å². The van der Waals surface area contributed by atoms with Crippen molar-refractivity contribution in [2.45, 2.75) is 25.2 Å². The molecule has 0 fully saturated rings. The van der Waals surface area contributed by atoms with Crippen LogP contribution in [0, 0.1) is 0 Å². The van der Waals surface area contributed by atoms with Gasteiger partial charge < -0.3 is 5.11 Å². The zero-order chi connectivity index (χ0) is 10.1. The maximum absolute atomic E-state index is 11.0. The highest BCUT2D eigenvalue weighted by atomic mass is 35.5. The predicted molar refractivity (Wildman–Crippen MR) is 54.8 cm³/mol. The molecule has 0 spiro atoms. The van der Waals surface area contributed by atoms with Crippen molar-refractivity contribution < 1.29 is 9.90 Å². The molecule has 3 heteroatoms. The van der Waals surface area contributed by atoms with E-state index in [-0.39, 0.29) is 0 Å². The van der Waals surface area contributed by atoms with Crippen LogP contribution in [0.4, 0.5) is 0 Å². The van der Waals surface area contributed by atoms with Crippen molar-refractivity contribution in [1.29, 1.82) is 0 Å². The molecule has 1 atom stereocenters. The maximum atomic E-state index is 11.0. The highest BCUT2D eigenvalue weighted by molar-refractivity contribution is 6.31. The van der Waals surface area contributed by atoms with E-state index in [0.717, 1.165) is 24.0 Å². The van der Waals surface area contributed by atoms with Crippen LogP contribution in [0.5, 0.6) is 0 Å². The van der Waals surface area contributed by atoms with E-state index < -0.39 is 11.9 Å². The first kappa shape index (κ1) is 9.53. The van der Waals surface area contributed by atoms with Crippen molar-refractivity contribution in [3.05, 3.63) is 34.3 Å². The molecule has 2 nitrogen and oxygen atoms in total. The Balaban J connectivity index is 2.52. The van der Waals surface area contributed by atoms with Crippen LogP contribution in [-0.4, -0.2) is 11.1 Å². The summed E-state index contributed by atoms with van der Waals surface area (Å²) in [4.78, 5) is 11.0. The lowest BCUT2D eigenvalue weighted by molar-refractivity contribution is -0.139. The Kier molecular flexibility index (Phi) is 2.46. The molecule has 1 N–H and O–H groups in total. The number of aryl methyl sites for hydroxylation is 1. The van der Waals surface area contributed by atoms with E-state index in [1.165, 1.54) is 0 Å². The van der Waals surface area contributed by atoms with E-state index in [1.54, 1.807) is 6.07 Å². The molecule has 74 valence electrons. The average molecular weight is 211 g/mol. The Morgan fingerprint density at radius 1 is 1.50 bits per heavy atom. The zero-order valence-electron chi connectivity index (χ0n) is 7.66. The number of hydrogen-bond donors (Lipinski definition) is 1. The van der Waals surface area contributed by atoms with Gasteiger partial charge >= 0.3 is 5.97 Å². The van der Waals surface area contributed by atoms with Crippen molar-refractivity contribution in [3.63, 3.8) is 0 Å². The fraction of sp³-hybridized carbons (Fsp3) is 0.364. The molecule has 1 unspecified atom stereocenters. The maximum Gasteiger partial charge on any atom is 0.311 e. The van der Waals surface area contributed by atoms with Gasteiger partial charge in [-0.1, -0.05) is 23.7 Å². The van der Waals surface area contributed by atoms with Gasteiger partial charge in [0.1, 0.15) is 0 Å². The lowest BCUT2D eigenvalue weighted by Crippen LogP contribution is -2.18. The molecular weight excluding hydrogens is 200 g/mol. The molecule has 0 heterocycles. The summed E-state index contributed by atoms with van der Waals surface area (Å²) in [5.41, 5.74) is 1.92. The third kappa shape index (κ3) is 1.50. The number of halogens is 1. The van der Waals surface area contributed by atoms with Gasteiger partial charge in [-0.25, -0.2) is 0 Å². The number of rotatable bonds is 1. The second-order valence-corrected chi connectivity index (χ2v) is 4.00. The van der Waals surface area contributed by atoms with Crippen molar-refractivity contribution in [3.8, 4) is 0 Å². The Morgan fingerprint density at radius 2 is 2.29 bits per heavy atom. The fourth-order valence-electron chi connectivity index (χ4n) is 2.08. The molecular formula is C11H11ClO2. The number of hydrogen-bond acceptors (Lipinski definition) is 1. The quantitative estimate of drug-likeness (QED) is 0.774. The molecule has 0 aliphatic heterocycles. The van der Waals surface area contributed by atoms with Crippen molar-refractivity contribution in [1.82, 2.24) is 0 Å². The number of carbonyl (C=O) groups is 1. The van der Waals surface area contributed by atoms with Gasteiger partial charge in [-0.2, -0.15) is 0 Å². The lowest BCUT2D eigenvalue weighted by Gasteiger charge is -2.23. The Hall–Kier alpha value is -1.02. The van der Waals surface area contributed by atoms with Gasteiger partial charge in [-0.15, -0.1) is 0 Å². The van der Waals surface area contributed by atoms with Gasteiger partial charge in [0.05, 0.1) is 5.92 Å². The minimum absolute atomic E-state index is 0.410. The minimum Gasteiger partial charge on any atom is -0.481 e. The number of carboxylic acid groups (broad SMARTS) is 1. The normalized spacial score (nSPS) is 20.2. The number of benzene rings is 1. The average Bonchev–Trinajstić information content (AvgIpc) is 2.17. The standard InChI is InChI=1S/C11H11ClO2/c12-9-6-2-4-7-3-1-5-8(10(7)9)11(13)14/h2,4,6,8H,1,3,5H2,(H,13,14). The Morgan fingerprint density at radius 3 is 3.00 bits per heavy atom. The number of fused-ring (bicyclic) bond motifs is 1.